The molecule has 3 rings (SSSR count). The summed E-state index contributed by atoms with van der Waals surface area (Å²) >= 11 is 0. The minimum Gasteiger partial charge on any atom is -0.343 e. The highest BCUT2D eigenvalue weighted by atomic mass is 19.1. The van der Waals surface area contributed by atoms with Crippen molar-refractivity contribution >= 4 is 11.8 Å². The summed E-state index contributed by atoms with van der Waals surface area (Å²) in [4.78, 5) is 28.7. The fraction of sp³-hybridized carbons (Fsp3) is 0.636. The maximum Gasteiger partial charge on any atom is 0.222 e. The molecular weight excluding hydrogens is 343 g/mol. The van der Waals surface area contributed by atoms with Crippen LogP contribution >= 0.6 is 0 Å². The molecule has 2 amide bonds. The van der Waals surface area contributed by atoms with Crippen LogP contribution in [0.5, 0.6) is 0 Å². The van der Waals surface area contributed by atoms with Crippen LogP contribution in [0.1, 0.15) is 56.9 Å². The number of nitrogens with zero attached hydrogens (tertiary/aromatic N) is 2. The number of benzene rings is 1. The van der Waals surface area contributed by atoms with Crippen LogP contribution in [0.4, 0.5) is 4.39 Å². The largest absolute Gasteiger partial charge is 0.343 e. The van der Waals surface area contributed by atoms with E-state index in [4.69, 9.17) is 0 Å². The van der Waals surface area contributed by atoms with E-state index >= 15 is 0 Å². The molecule has 2 saturated heterocycles. The topological polar surface area (TPSA) is 40.6 Å². The van der Waals surface area contributed by atoms with Crippen LogP contribution in [0, 0.1) is 11.7 Å². The molecule has 2 heterocycles. The molecular formula is C22H31FN2O2. The molecule has 4 nitrogen and oxygen atoms in total. The third-order valence-electron chi connectivity index (χ3n) is 5.87. The summed E-state index contributed by atoms with van der Waals surface area (Å²) in [6, 6.07) is 6.51. The lowest BCUT2D eigenvalue weighted by Crippen LogP contribution is -2.40. The minimum absolute atomic E-state index is 0.215. The lowest BCUT2D eigenvalue weighted by atomic mass is 9.92. The number of carbonyl (C=O) groups is 2. The Morgan fingerprint density at radius 1 is 0.926 bits per heavy atom. The van der Waals surface area contributed by atoms with E-state index < -0.39 is 0 Å². The van der Waals surface area contributed by atoms with Crippen LogP contribution in [0.3, 0.4) is 0 Å². The molecule has 1 aromatic rings. The van der Waals surface area contributed by atoms with E-state index in [1.807, 2.05) is 9.80 Å². The third kappa shape index (κ3) is 6.05. The molecule has 2 fully saturated rings. The average molecular weight is 375 g/mol. The number of halogens is 1. The summed E-state index contributed by atoms with van der Waals surface area (Å²) in [5.74, 6) is 0.728. The second-order valence-corrected chi connectivity index (χ2v) is 7.95. The number of carbonyl (C=O) groups excluding carboxylic acids is 2. The summed E-state index contributed by atoms with van der Waals surface area (Å²) in [6.45, 7) is 3.47. The van der Waals surface area contributed by atoms with E-state index in [1.54, 1.807) is 12.1 Å². The van der Waals surface area contributed by atoms with E-state index in [-0.39, 0.29) is 17.6 Å². The van der Waals surface area contributed by atoms with Gasteiger partial charge in [0.25, 0.3) is 0 Å². The van der Waals surface area contributed by atoms with E-state index in [0.29, 0.717) is 18.8 Å². The molecule has 5 heteroatoms. The molecule has 1 unspecified atom stereocenters. The number of amides is 2. The van der Waals surface area contributed by atoms with Gasteiger partial charge in [-0.3, -0.25) is 9.59 Å². The second-order valence-electron chi connectivity index (χ2n) is 7.95. The smallest absolute Gasteiger partial charge is 0.222 e. The Morgan fingerprint density at radius 2 is 1.59 bits per heavy atom. The van der Waals surface area contributed by atoms with Crippen molar-refractivity contribution in [2.24, 2.45) is 5.92 Å². The standard InChI is InChI=1S/C22H31FN2O2/c23-20-11-8-18(9-12-20)5-3-7-21(26)25-16-4-6-19(17-25)10-13-22(27)24-14-1-2-15-24/h8-9,11-12,19H,1-7,10,13-17H2. The SMILES string of the molecule is O=C(CCC1CCCN(C(=O)CCCc2ccc(F)cc2)C1)N1CCCC1. The van der Waals surface area contributed by atoms with Gasteiger partial charge < -0.3 is 9.80 Å². The predicted molar refractivity (Wildman–Crippen MR) is 104 cm³/mol. The van der Waals surface area contributed by atoms with Crippen molar-refractivity contribution in [3.63, 3.8) is 0 Å². The van der Waals surface area contributed by atoms with E-state index in [2.05, 4.69) is 0 Å². The zero-order valence-corrected chi connectivity index (χ0v) is 16.2. The van der Waals surface area contributed by atoms with Crippen molar-refractivity contribution < 1.29 is 14.0 Å². The molecule has 1 atom stereocenters. The Labute approximate surface area is 161 Å². The number of likely N-dealkylation sites (tertiary alicyclic amines) is 2. The molecule has 0 aliphatic carbocycles. The van der Waals surface area contributed by atoms with Crippen LogP contribution in [-0.4, -0.2) is 47.8 Å². The van der Waals surface area contributed by atoms with Crippen molar-refractivity contribution in [3.8, 4) is 0 Å². The molecule has 0 aromatic heterocycles. The first-order valence-electron chi connectivity index (χ1n) is 10.4. The molecule has 2 aliphatic rings. The monoisotopic (exact) mass is 374 g/mol. The van der Waals surface area contributed by atoms with Gasteiger partial charge in [0, 0.05) is 39.0 Å². The van der Waals surface area contributed by atoms with Crippen molar-refractivity contribution in [1.82, 2.24) is 9.80 Å². The molecule has 0 N–H and O–H groups in total. The number of hydrogen-bond donors (Lipinski definition) is 0. The van der Waals surface area contributed by atoms with Gasteiger partial charge in [-0.2, -0.15) is 0 Å². The molecule has 0 bridgehead atoms. The van der Waals surface area contributed by atoms with E-state index in [0.717, 1.165) is 76.7 Å². The Kier molecular flexibility index (Phi) is 7.25. The van der Waals surface area contributed by atoms with Gasteiger partial charge in [0.05, 0.1) is 0 Å². The van der Waals surface area contributed by atoms with Crippen molar-refractivity contribution in [3.05, 3.63) is 35.6 Å². The first-order chi connectivity index (χ1) is 13.1. The van der Waals surface area contributed by atoms with Gasteiger partial charge in [-0.25, -0.2) is 4.39 Å². The Morgan fingerprint density at radius 3 is 2.33 bits per heavy atom. The highest BCUT2D eigenvalue weighted by Crippen LogP contribution is 2.23. The molecule has 148 valence electrons. The molecule has 1 aromatic carbocycles. The number of hydrogen-bond acceptors (Lipinski definition) is 2. The van der Waals surface area contributed by atoms with Gasteiger partial charge in [-0.1, -0.05) is 12.1 Å². The third-order valence-corrected chi connectivity index (χ3v) is 5.87. The van der Waals surface area contributed by atoms with Crippen LogP contribution in [0.15, 0.2) is 24.3 Å². The summed E-state index contributed by atoms with van der Waals surface area (Å²) in [5.41, 5.74) is 1.07. The van der Waals surface area contributed by atoms with Crippen LogP contribution in [0.2, 0.25) is 0 Å². The van der Waals surface area contributed by atoms with Crippen LogP contribution in [0.25, 0.3) is 0 Å². The lowest BCUT2D eigenvalue weighted by Gasteiger charge is -2.33. The zero-order valence-electron chi connectivity index (χ0n) is 16.2. The Balaban J connectivity index is 1.37. The zero-order chi connectivity index (χ0) is 19.1. The maximum absolute atomic E-state index is 12.9. The normalized spacial score (nSPS) is 20.1. The Hall–Kier alpha value is -1.91. The minimum atomic E-state index is -0.225. The van der Waals surface area contributed by atoms with Crippen LogP contribution in [-0.2, 0) is 16.0 Å². The highest BCUT2D eigenvalue weighted by molar-refractivity contribution is 5.77. The Bertz CT molecular complexity index is 626. The quantitative estimate of drug-likeness (QED) is 0.729. The van der Waals surface area contributed by atoms with Gasteiger partial charge in [0.2, 0.25) is 11.8 Å². The summed E-state index contributed by atoms with van der Waals surface area (Å²) < 4.78 is 12.9. The van der Waals surface area contributed by atoms with Crippen LogP contribution < -0.4 is 0 Å². The van der Waals surface area contributed by atoms with Gasteiger partial charge in [-0.05, 0) is 68.6 Å². The number of aryl methyl sites for hydroxylation is 1. The first kappa shape index (κ1) is 19.8. The summed E-state index contributed by atoms with van der Waals surface area (Å²) in [7, 11) is 0. The summed E-state index contributed by atoms with van der Waals surface area (Å²) in [6.07, 6.45) is 8.07. The maximum atomic E-state index is 12.9. The molecule has 27 heavy (non-hydrogen) atoms. The molecule has 0 radical (unpaired) electrons. The van der Waals surface area contributed by atoms with Crippen molar-refractivity contribution in [2.45, 2.75) is 57.8 Å². The second kappa shape index (κ2) is 9.86. The van der Waals surface area contributed by atoms with Crippen molar-refractivity contribution in [1.29, 1.82) is 0 Å². The fourth-order valence-corrected chi connectivity index (χ4v) is 4.23. The van der Waals surface area contributed by atoms with Gasteiger partial charge in [0.1, 0.15) is 5.82 Å². The average Bonchev–Trinajstić information content (AvgIpc) is 3.23. The van der Waals surface area contributed by atoms with E-state index in [1.165, 1.54) is 12.1 Å². The molecule has 0 saturated carbocycles. The lowest BCUT2D eigenvalue weighted by molar-refractivity contribution is -0.133. The van der Waals surface area contributed by atoms with Gasteiger partial charge in [-0.15, -0.1) is 0 Å². The molecule has 2 aliphatic heterocycles. The number of rotatable bonds is 7. The highest BCUT2D eigenvalue weighted by Gasteiger charge is 2.25. The van der Waals surface area contributed by atoms with Crippen molar-refractivity contribution in [2.75, 3.05) is 26.2 Å². The first-order valence-corrected chi connectivity index (χ1v) is 10.4. The predicted octanol–water partition coefficient (Wildman–Crippen LogP) is 3.79. The number of piperidine rings is 1. The fourth-order valence-electron chi connectivity index (χ4n) is 4.23. The van der Waals surface area contributed by atoms with E-state index in [9.17, 15) is 14.0 Å². The van der Waals surface area contributed by atoms with Gasteiger partial charge >= 0.3 is 0 Å². The van der Waals surface area contributed by atoms with Gasteiger partial charge in [0.15, 0.2) is 0 Å². The summed E-state index contributed by atoms with van der Waals surface area (Å²) in [5, 5.41) is 0. The molecule has 0 spiro atoms.